The van der Waals surface area contributed by atoms with Gasteiger partial charge in [0.05, 0.1) is 6.42 Å². The van der Waals surface area contributed by atoms with Gasteiger partial charge in [0.2, 0.25) is 11.8 Å². The molecule has 2 heterocycles. The Morgan fingerprint density at radius 3 is 2.81 bits per heavy atom. The minimum Gasteiger partial charge on any atom is -0.361 e. The molecule has 0 unspecified atom stereocenters. The van der Waals surface area contributed by atoms with Crippen LogP contribution in [0.3, 0.4) is 0 Å². The molecule has 3 aromatic rings. The summed E-state index contributed by atoms with van der Waals surface area (Å²) in [6, 6.07) is 16.0. The predicted molar refractivity (Wildman–Crippen MR) is 107 cm³/mol. The molecule has 1 aliphatic heterocycles. The molecule has 0 bridgehead atoms. The number of H-pyrrole nitrogens is 1. The van der Waals surface area contributed by atoms with Gasteiger partial charge in [-0.25, -0.2) is 0 Å². The number of carbonyl (C=O) groups is 2. The van der Waals surface area contributed by atoms with Crippen LogP contribution in [0.25, 0.3) is 10.9 Å². The normalized spacial score (nSPS) is 13.4. The Labute approximate surface area is 158 Å². The molecule has 0 aliphatic carbocycles. The summed E-state index contributed by atoms with van der Waals surface area (Å²) in [5.41, 5.74) is 4.23. The van der Waals surface area contributed by atoms with E-state index >= 15 is 0 Å². The quantitative estimate of drug-likeness (QED) is 0.733. The zero-order valence-electron chi connectivity index (χ0n) is 15.2. The number of para-hydroxylation sites is 2. The molecule has 0 saturated carbocycles. The summed E-state index contributed by atoms with van der Waals surface area (Å²) < 4.78 is 0. The van der Waals surface area contributed by atoms with Crippen molar-refractivity contribution in [3.8, 4) is 0 Å². The van der Waals surface area contributed by atoms with Crippen molar-refractivity contribution in [3.63, 3.8) is 0 Å². The Hall–Kier alpha value is -3.08. The molecule has 5 nitrogen and oxygen atoms in total. The summed E-state index contributed by atoms with van der Waals surface area (Å²) in [6.45, 7) is 1.11. The molecule has 0 atom stereocenters. The number of nitrogens with one attached hydrogen (secondary N) is 2. The smallest absolute Gasteiger partial charge is 0.228 e. The number of carbonyl (C=O) groups excluding carboxylic acids is 2. The first-order chi connectivity index (χ1) is 13.2. The minimum atomic E-state index is -0.0633. The highest BCUT2D eigenvalue weighted by atomic mass is 16.2. The van der Waals surface area contributed by atoms with E-state index in [9.17, 15) is 9.59 Å². The van der Waals surface area contributed by atoms with Crippen molar-refractivity contribution in [2.75, 3.05) is 18.0 Å². The number of hydrogen-bond acceptors (Lipinski definition) is 2. The van der Waals surface area contributed by atoms with Crippen LogP contribution in [-0.2, 0) is 22.4 Å². The molecule has 0 fully saturated rings. The number of hydrogen-bond donors (Lipinski definition) is 2. The van der Waals surface area contributed by atoms with Crippen LogP contribution in [0.2, 0.25) is 0 Å². The summed E-state index contributed by atoms with van der Waals surface area (Å²) in [7, 11) is 0. The number of aromatic nitrogens is 1. The number of aryl methyl sites for hydroxylation is 1. The van der Waals surface area contributed by atoms with E-state index in [1.165, 1.54) is 5.56 Å². The molecule has 1 aliphatic rings. The molecule has 2 amide bonds. The van der Waals surface area contributed by atoms with Crippen LogP contribution in [0, 0.1) is 0 Å². The summed E-state index contributed by atoms with van der Waals surface area (Å²) in [6.07, 6.45) is 4.50. The first-order valence-corrected chi connectivity index (χ1v) is 9.42. The lowest BCUT2D eigenvalue weighted by Gasteiger charge is -2.29. The van der Waals surface area contributed by atoms with E-state index in [-0.39, 0.29) is 11.8 Å². The number of aromatic amines is 1. The van der Waals surface area contributed by atoms with Crippen LogP contribution >= 0.6 is 0 Å². The average Bonchev–Trinajstić information content (AvgIpc) is 3.10. The Kier molecular flexibility index (Phi) is 4.92. The molecule has 27 heavy (non-hydrogen) atoms. The Bertz CT molecular complexity index is 976. The van der Waals surface area contributed by atoms with Gasteiger partial charge >= 0.3 is 0 Å². The fourth-order valence-corrected chi connectivity index (χ4v) is 3.75. The maximum absolute atomic E-state index is 12.6. The summed E-state index contributed by atoms with van der Waals surface area (Å²) in [5.74, 6) is 0.00106. The van der Waals surface area contributed by atoms with Crippen molar-refractivity contribution in [2.24, 2.45) is 0 Å². The lowest BCUT2D eigenvalue weighted by atomic mass is 10.0. The fourth-order valence-electron chi connectivity index (χ4n) is 3.75. The summed E-state index contributed by atoms with van der Waals surface area (Å²) in [4.78, 5) is 29.9. The van der Waals surface area contributed by atoms with Gasteiger partial charge in [-0.3, -0.25) is 9.59 Å². The number of anilines is 1. The van der Waals surface area contributed by atoms with E-state index in [0.29, 0.717) is 19.4 Å². The number of benzene rings is 2. The third-order valence-electron chi connectivity index (χ3n) is 5.10. The monoisotopic (exact) mass is 361 g/mol. The molecule has 0 saturated heterocycles. The van der Waals surface area contributed by atoms with Gasteiger partial charge in [0.15, 0.2) is 0 Å². The number of nitrogens with zero attached hydrogens (tertiary/aromatic N) is 1. The van der Waals surface area contributed by atoms with Gasteiger partial charge in [0, 0.05) is 42.3 Å². The van der Waals surface area contributed by atoms with E-state index in [0.717, 1.165) is 41.5 Å². The number of fused-ring (bicyclic) bond motifs is 2. The van der Waals surface area contributed by atoms with Crippen molar-refractivity contribution in [3.05, 3.63) is 65.9 Å². The molecule has 1 aromatic heterocycles. The first-order valence-electron chi connectivity index (χ1n) is 9.42. The highest BCUT2D eigenvalue weighted by Gasteiger charge is 2.21. The zero-order chi connectivity index (χ0) is 18.6. The predicted octanol–water partition coefficient (Wildman–Crippen LogP) is 3.20. The van der Waals surface area contributed by atoms with Crippen molar-refractivity contribution in [1.29, 1.82) is 0 Å². The van der Waals surface area contributed by atoms with Crippen LogP contribution in [0.15, 0.2) is 54.7 Å². The lowest BCUT2D eigenvalue weighted by molar-refractivity contribution is -0.121. The van der Waals surface area contributed by atoms with Gasteiger partial charge in [0.1, 0.15) is 0 Å². The number of amides is 2. The van der Waals surface area contributed by atoms with Crippen molar-refractivity contribution in [1.82, 2.24) is 10.3 Å². The standard InChI is InChI=1S/C22H23N3O2/c26-21(14-17-15-24-19-9-3-2-8-18(17)19)23-12-11-22(27)25-13-5-7-16-6-1-4-10-20(16)25/h1-4,6,8-10,15,24H,5,7,11-14H2,(H,23,26). The van der Waals surface area contributed by atoms with Crippen LogP contribution in [-0.4, -0.2) is 29.9 Å². The second-order valence-electron chi connectivity index (χ2n) is 6.91. The Morgan fingerprint density at radius 2 is 1.89 bits per heavy atom. The van der Waals surface area contributed by atoms with E-state index in [4.69, 9.17) is 0 Å². The van der Waals surface area contributed by atoms with Gasteiger partial charge in [-0.2, -0.15) is 0 Å². The maximum Gasteiger partial charge on any atom is 0.228 e. The minimum absolute atomic E-state index is 0.0633. The van der Waals surface area contributed by atoms with E-state index in [2.05, 4.69) is 16.4 Å². The third-order valence-corrected chi connectivity index (χ3v) is 5.10. The van der Waals surface area contributed by atoms with E-state index in [1.54, 1.807) is 0 Å². The van der Waals surface area contributed by atoms with Crippen molar-refractivity contribution < 1.29 is 9.59 Å². The molecule has 0 spiro atoms. The molecule has 5 heteroatoms. The van der Waals surface area contributed by atoms with E-state index in [1.807, 2.05) is 53.6 Å². The first kappa shape index (κ1) is 17.3. The van der Waals surface area contributed by atoms with Gasteiger partial charge in [-0.1, -0.05) is 36.4 Å². The van der Waals surface area contributed by atoms with Crippen molar-refractivity contribution >= 4 is 28.4 Å². The summed E-state index contributed by atoms with van der Waals surface area (Å²) in [5, 5.41) is 3.94. The number of rotatable bonds is 5. The largest absolute Gasteiger partial charge is 0.361 e. The van der Waals surface area contributed by atoms with Crippen LogP contribution in [0.4, 0.5) is 5.69 Å². The summed E-state index contributed by atoms with van der Waals surface area (Å²) >= 11 is 0. The van der Waals surface area contributed by atoms with Crippen LogP contribution in [0.1, 0.15) is 24.0 Å². The second kappa shape index (κ2) is 7.66. The van der Waals surface area contributed by atoms with Gasteiger partial charge in [-0.15, -0.1) is 0 Å². The van der Waals surface area contributed by atoms with Crippen molar-refractivity contribution in [2.45, 2.75) is 25.7 Å². The Morgan fingerprint density at radius 1 is 1.07 bits per heavy atom. The lowest BCUT2D eigenvalue weighted by Crippen LogP contribution is -2.38. The topological polar surface area (TPSA) is 65.2 Å². The van der Waals surface area contributed by atoms with Crippen LogP contribution in [0.5, 0.6) is 0 Å². The molecule has 2 aromatic carbocycles. The molecule has 2 N–H and O–H groups in total. The fraction of sp³-hybridized carbons (Fsp3) is 0.273. The molecular weight excluding hydrogens is 338 g/mol. The highest BCUT2D eigenvalue weighted by molar-refractivity contribution is 5.95. The molecule has 4 rings (SSSR count). The third kappa shape index (κ3) is 3.72. The average molecular weight is 361 g/mol. The molecule has 138 valence electrons. The maximum atomic E-state index is 12.6. The molecular formula is C22H23N3O2. The van der Waals surface area contributed by atoms with Crippen LogP contribution < -0.4 is 10.2 Å². The highest BCUT2D eigenvalue weighted by Crippen LogP contribution is 2.27. The van der Waals surface area contributed by atoms with E-state index < -0.39 is 0 Å². The second-order valence-corrected chi connectivity index (χ2v) is 6.91. The van der Waals surface area contributed by atoms with Gasteiger partial charge in [0.25, 0.3) is 0 Å². The zero-order valence-corrected chi connectivity index (χ0v) is 15.2. The van der Waals surface area contributed by atoms with Gasteiger partial charge < -0.3 is 15.2 Å². The SMILES string of the molecule is O=C(Cc1c[nH]c2ccccc12)NCCC(=O)N1CCCc2ccccc21. The Balaban J connectivity index is 1.31. The molecule has 0 radical (unpaired) electrons. The van der Waals surface area contributed by atoms with Gasteiger partial charge in [-0.05, 0) is 36.1 Å².